The van der Waals surface area contributed by atoms with Gasteiger partial charge in [0, 0.05) is 6.07 Å². The molecule has 2 aromatic carbocycles. The predicted octanol–water partition coefficient (Wildman–Crippen LogP) is 1.42. The molecule has 0 saturated heterocycles. The molecule has 0 aliphatic carbocycles. The van der Waals surface area contributed by atoms with E-state index in [1.165, 1.54) is 31.4 Å². The molecule has 4 rings (SSSR count). The number of imide groups is 1. The number of hydrogen-bond donors (Lipinski definition) is 3. The Morgan fingerprint density at radius 3 is 2.34 bits per heavy atom. The number of nitrogen functional groups attached to an aromatic ring is 1. The van der Waals surface area contributed by atoms with Gasteiger partial charge < -0.3 is 10.5 Å². The quantitative estimate of drug-likeness (QED) is 0.494. The zero-order valence-corrected chi connectivity index (χ0v) is 17.8. The summed E-state index contributed by atoms with van der Waals surface area (Å²) < 4.78 is 34.4. The minimum Gasteiger partial charge on any atom is -0.495 e. The van der Waals surface area contributed by atoms with E-state index in [1.54, 1.807) is 18.2 Å². The normalized spacial score (nSPS) is 12.9. The van der Waals surface area contributed by atoms with Crippen LogP contribution in [0.25, 0.3) is 5.69 Å². The molecule has 2 heterocycles. The first-order valence-electron chi connectivity index (χ1n) is 9.31. The van der Waals surface area contributed by atoms with Gasteiger partial charge in [0.2, 0.25) is 0 Å². The first-order chi connectivity index (χ1) is 15.1. The number of carbonyl (C=O) groups is 2. The van der Waals surface area contributed by atoms with Crippen LogP contribution in [0.15, 0.2) is 58.2 Å². The number of aromatic nitrogens is 1. The minimum absolute atomic E-state index is 0.0643. The SMILES string of the molecule is COc1ccc(C)cc1NS(=O)(=O)c1ccc(-n2c(N)c3c(cc2=O)C(=O)NC3=O)cc1. The van der Waals surface area contributed by atoms with Gasteiger partial charge in [-0.1, -0.05) is 6.07 Å². The lowest BCUT2D eigenvalue weighted by molar-refractivity contribution is 0.0880. The molecule has 0 unspecified atom stereocenters. The van der Waals surface area contributed by atoms with Gasteiger partial charge in [0.1, 0.15) is 11.6 Å². The Hall–Kier alpha value is -4.12. The van der Waals surface area contributed by atoms with Crippen LogP contribution < -0.4 is 26.1 Å². The van der Waals surface area contributed by atoms with E-state index in [4.69, 9.17) is 10.5 Å². The number of nitrogens with one attached hydrogen (secondary N) is 2. The fourth-order valence-electron chi connectivity index (χ4n) is 3.43. The number of hydrogen-bond acceptors (Lipinski definition) is 7. The van der Waals surface area contributed by atoms with E-state index >= 15 is 0 Å². The Morgan fingerprint density at radius 2 is 1.69 bits per heavy atom. The third kappa shape index (κ3) is 3.48. The van der Waals surface area contributed by atoms with E-state index in [0.717, 1.165) is 16.2 Å². The van der Waals surface area contributed by atoms with Gasteiger partial charge in [0.05, 0.1) is 34.5 Å². The van der Waals surface area contributed by atoms with E-state index in [-0.39, 0.29) is 33.2 Å². The van der Waals surface area contributed by atoms with Crippen molar-refractivity contribution in [1.82, 2.24) is 9.88 Å². The number of methoxy groups -OCH3 is 1. The topological polar surface area (TPSA) is 150 Å². The standard InChI is InChI=1S/C21H18N4O6S/c1-11-3-8-16(31-2)15(9-11)24-32(29,30)13-6-4-12(5-7-13)25-17(26)10-14-18(19(25)22)21(28)23-20(14)27/h3-10,24H,22H2,1-2H3,(H,23,27,28). The van der Waals surface area contributed by atoms with Gasteiger partial charge in [-0.2, -0.15) is 0 Å². The summed E-state index contributed by atoms with van der Waals surface area (Å²) in [5, 5.41) is 2.09. The van der Waals surface area contributed by atoms with Gasteiger partial charge in [0.25, 0.3) is 27.4 Å². The molecule has 0 spiro atoms. The number of fused-ring (bicyclic) bond motifs is 1. The van der Waals surface area contributed by atoms with E-state index in [9.17, 15) is 22.8 Å². The number of anilines is 2. The van der Waals surface area contributed by atoms with Crippen LogP contribution in [0.4, 0.5) is 11.5 Å². The van der Waals surface area contributed by atoms with Gasteiger partial charge in [-0.25, -0.2) is 8.42 Å². The number of sulfonamides is 1. The predicted molar refractivity (Wildman–Crippen MR) is 117 cm³/mol. The number of nitrogens with zero attached hydrogens (tertiary/aromatic N) is 1. The van der Waals surface area contributed by atoms with Crippen molar-refractivity contribution in [3.63, 3.8) is 0 Å². The molecule has 2 amide bonds. The molecule has 32 heavy (non-hydrogen) atoms. The molecule has 0 fully saturated rings. The van der Waals surface area contributed by atoms with Crippen LogP contribution in [-0.2, 0) is 10.0 Å². The first kappa shape index (κ1) is 21.1. The fourth-order valence-corrected chi connectivity index (χ4v) is 4.49. The van der Waals surface area contributed by atoms with Crippen LogP contribution >= 0.6 is 0 Å². The lowest BCUT2D eigenvalue weighted by Crippen LogP contribution is -2.24. The molecule has 0 radical (unpaired) electrons. The van der Waals surface area contributed by atoms with E-state index in [0.29, 0.717) is 5.75 Å². The Bertz CT molecular complexity index is 1440. The second-order valence-corrected chi connectivity index (χ2v) is 8.76. The van der Waals surface area contributed by atoms with Crippen LogP contribution in [0.2, 0.25) is 0 Å². The molecule has 3 aromatic rings. The average Bonchev–Trinajstić information content (AvgIpc) is 3.01. The summed E-state index contributed by atoms with van der Waals surface area (Å²) in [6.45, 7) is 1.82. The number of ether oxygens (including phenoxy) is 1. The van der Waals surface area contributed by atoms with Crippen molar-refractivity contribution in [3.05, 3.63) is 75.6 Å². The zero-order valence-electron chi connectivity index (χ0n) is 17.0. The van der Waals surface area contributed by atoms with Crippen molar-refractivity contribution >= 4 is 33.3 Å². The van der Waals surface area contributed by atoms with Gasteiger partial charge >= 0.3 is 0 Å². The number of pyridine rings is 1. The molecule has 1 aliphatic rings. The van der Waals surface area contributed by atoms with Gasteiger partial charge in [-0.05, 0) is 48.9 Å². The third-order valence-corrected chi connectivity index (χ3v) is 6.34. The summed E-state index contributed by atoms with van der Waals surface area (Å²) in [7, 11) is -2.53. The number of carbonyl (C=O) groups excluding carboxylic acids is 2. The molecule has 4 N–H and O–H groups in total. The summed E-state index contributed by atoms with van der Waals surface area (Å²) in [4.78, 5) is 36.2. The summed E-state index contributed by atoms with van der Waals surface area (Å²) in [6, 6.07) is 11.4. The molecule has 0 bridgehead atoms. The van der Waals surface area contributed by atoms with Gasteiger partial charge in [0.15, 0.2) is 0 Å². The summed E-state index contributed by atoms with van der Waals surface area (Å²) >= 11 is 0. The summed E-state index contributed by atoms with van der Waals surface area (Å²) in [6.07, 6.45) is 0. The van der Waals surface area contributed by atoms with Crippen molar-refractivity contribution in [2.24, 2.45) is 0 Å². The van der Waals surface area contributed by atoms with Crippen molar-refractivity contribution in [2.75, 3.05) is 17.6 Å². The molecule has 0 saturated carbocycles. The Balaban J connectivity index is 1.71. The molecule has 0 atom stereocenters. The number of aryl methyl sites for hydroxylation is 1. The average molecular weight is 454 g/mol. The van der Waals surface area contributed by atoms with Crippen LogP contribution in [0.3, 0.4) is 0 Å². The minimum atomic E-state index is -3.96. The van der Waals surface area contributed by atoms with Gasteiger partial charge in [-0.3, -0.25) is 29.0 Å². The third-order valence-electron chi connectivity index (χ3n) is 4.96. The highest BCUT2D eigenvalue weighted by Crippen LogP contribution is 2.28. The van der Waals surface area contributed by atoms with Crippen LogP contribution in [-0.4, -0.2) is 31.9 Å². The molecule has 1 aliphatic heterocycles. The lowest BCUT2D eigenvalue weighted by Gasteiger charge is -2.14. The number of amides is 2. The molecular weight excluding hydrogens is 436 g/mol. The highest BCUT2D eigenvalue weighted by atomic mass is 32.2. The molecule has 11 heteroatoms. The monoisotopic (exact) mass is 454 g/mol. The first-order valence-corrected chi connectivity index (χ1v) is 10.8. The maximum absolute atomic E-state index is 12.8. The van der Waals surface area contributed by atoms with Crippen LogP contribution in [0.1, 0.15) is 26.3 Å². The smallest absolute Gasteiger partial charge is 0.262 e. The number of benzene rings is 2. The van der Waals surface area contributed by atoms with Crippen LogP contribution in [0.5, 0.6) is 5.75 Å². The van der Waals surface area contributed by atoms with E-state index < -0.39 is 27.4 Å². The van der Waals surface area contributed by atoms with Gasteiger partial charge in [-0.15, -0.1) is 0 Å². The summed E-state index contributed by atoms with van der Waals surface area (Å²) in [5.74, 6) is -1.25. The van der Waals surface area contributed by atoms with Crippen molar-refractivity contribution in [1.29, 1.82) is 0 Å². The highest BCUT2D eigenvalue weighted by molar-refractivity contribution is 7.92. The zero-order chi connectivity index (χ0) is 23.2. The molecule has 164 valence electrons. The van der Waals surface area contributed by atoms with E-state index in [1.807, 2.05) is 6.92 Å². The highest BCUT2D eigenvalue weighted by Gasteiger charge is 2.31. The molecule has 1 aromatic heterocycles. The number of nitrogens with two attached hydrogens (primary N) is 1. The summed E-state index contributed by atoms with van der Waals surface area (Å²) in [5.41, 5.74) is 6.53. The lowest BCUT2D eigenvalue weighted by atomic mass is 10.1. The Labute approximate surface area is 182 Å². The second-order valence-electron chi connectivity index (χ2n) is 7.08. The number of rotatable bonds is 5. The second kappa shape index (κ2) is 7.54. The Morgan fingerprint density at radius 1 is 1.00 bits per heavy atom. The van der Waals surface area contributed by atoms with Crippen molar-refractivity contribution in [3.8, 4) is 11.4 Å². The van der Waals surface area contributed by atoms with Crippen molar-refractivity contribution in [2.45, 2.75) is 11.8 Å². The fraction of sp³-hybridized carbons (Fsp3) is 0.0952. The Kier molecular flexibility index (Phi) is 4.97. The van der Waals surface area contributed by atoms with E-state index in [2.05, 4.69) is 10.0 Å². The maximum atomic E-state index is 12.8. The molecule has 10 nitrogen and oxygen atoms in total. The maximum Gasteiger partial charge on any atom is 0.262 e. The van der Waals surface area contributed by atoms with Crippen LogP contribution in [0, 0.1) is 6.92 Å². The van der Waals surface area contributed by atoms with Crippen molar-refractivity contribution < 1.29 is 22.7 Å². The largest absolute Gasteiger partial charge is 0.495 e. The molecular formula is C21H18N4O6S.